The highest BCUT2D eigenvalue weighted by Gasteiger charge is 2.54. The van der Waals surface area contributed by atoms with Crippen molar-refractivity contribution in [2.24, 2.45) is 34.6 Å². The van der Waals surface area contributed by atoms with E-state index in [1.54, 1.807) is 46.8 Å². The number of aliphatic hydroxyl groups excluding tert-OH is 2. The van der Waals surface area contributed by atoms with Crippen molar-refractivity contribution < 1.29 is 58.2 Å². The summed E-state index contributed by atoms with van der Waals surface area (Å²) in [6, 6.07) is -0.103. The number of rotatable bonds is 7. The third-order valence-electron chi connectivity index (χ3n) is 15.0. The van der Waals surface area contributed by atoms with Crippen LogP contribution in [0.3, 0.4) is 0 Å². The monoisotopic (exact) mass is 973 g/mol. The van der Waals surface area contributed by atoms with Crippen molar-refractivity contribution in [3.63, 3.8) is 0 Å². The van der Waals surface area contributed by atoms with Gasteiger partial charge in [-0.3, -0.25) is 29.0 Å². The molecule has 382 valence electrons. The lowest BCUT2D eigenvalue weighted by atomic mass is 9.78. The van der Waals surface area contributed by atoms with Crippen molar-refractivity contribution in [3.05, 3.63) is 69.8 Å². The number of aromatic hydroxyl groups is 1. The molecule has 5 bridgehead atoms. The fourth-order valence-electron chi connectivity index (χ4n) is 10.7. The van der Waals surface area contributed by atoms with Crippen molar-refractivity contribution in [2.45, 2.75) is 130 Å². The summed E-state index contributed by atoms with van der Waals surface area (Å²) in [7, 11) is 3.39. The second-order valence-electron chi connectivity index (χ2n) is 20.9. The first-order chi connectivity index (χ1) is 33.0. The van der Waals surface area contributed by atoms with Gasteiger partial charge in [-0.15, -0.1) is 0 Å². The highest BCUT2D eigenvalue weighted by atomic mass is 16.7. The van der Waals surface area contributed by atoms with Gasteiger partial charge in [0, 0.05) is 99.5 Å². The van der Waals surface area contributed by atoms with Crippen LogP contribution in [0.5, 0.6) is 11.5 Å². The van der Waals surface area contributed by atoms with Crippen LogP contribution in [0.4, 0.5) is 0 Å². The number of likely N-dealkylation sites (N-methyl/N-ethyl adjacent to an activating group) is 1. The number of likely N-dealkylation sites (tertiary alicyclic amines) is 2. The second-order valence-corrected chi connectivity index (χ2v) is 20.9. The Labute approximate surface area is 410 Å². The predicted octanol–water partition coefficient (Wildman–Crippen LogP) is 3.81. The molecule has 2 saturated heterocycles. The summed E-state index contributed by atoms with van der Waals surface area (Å²) >= 11 is 0. The number of hydrogen-bond acceptors (Lipinski definition) is 16. The maximum Gasteiger partial charge on any atom is 0.315 e. The van der Waals surface area contributed by atoms with E-state index in [1.165, 1.54) is 39.4 Å². The van der Waals surface area contributed by atoms with E-state index in [4.69, 9.17) is 23.9 Å². The van der Waals surface area contributed by atoms with E-state index in [1.807, 2.05) is 7.05 Å². The Morgan fingerprint density at radius 3 is 2.31 bits per heavy atom. The van der Waals surface area contributed by atoms with Gasteiger partial charge in [-0.05, 0) is 45.9 Å². The minimum Gasteiger partial charge on any atom is -0.507 e. The van der Waals surface area contributed by atoms with Crippen molar-refractivity contribution in [1.29, 1.82) is 0 Å². The molecule has 2 fully saturated rings. The number of ether oxygens (including phenoxy) is 4. The number of Topliss-reactive ketones (excluding diaryl/α,β-unsaturated/α-hetero) is 2. The summed E-state index contributed by atoms with van der Waals surface area (Å²) < 4.78 is 24.5. The zero-order chi connectivity index (χ0) is 51.1. The quantitative estimate of drug-likeness (QED) is 0.168. The maximum absolute atomic E-state index is 14.9. The van der Waals surface area contributed by atoms with Crippen LogP contribution in [-0.2, 0) is 28.6 Å². The average molecular weight is 973 g/mol. The number of nitrogens with one attached hydrogen (secondary N) is 3. The third kappa shape index (κ3) is 10.3. The van der Waals surface area contributed by atoms with Crippen molar-refractivity contribution in [2.75, 3.05) is 46.9 Å². The average Bonchev–Trinajstić information content (AvgIpc) is 3.98. The number of allylic oxidation sites excluding steroid dienone is 4. The van der Waals surface area contributed by atoms with Crippen LogP contribution in [0.1, 0.15) is 113 Å². The number of piperidine rings is 1. The molecule has 1 aromatic carbocycles. The second kappa shape index (κ2) is 20.7. The predicted molar refractivity (Wildman–Crippen MR) is 260 cm³/mol. The van der Waals surface area contributed by atoms with E-state index in [-0.39, 0.29) is 56.7 Å². The Bertz CT molecular complexity index is 2420. The zero-order valence-electron chi connectivity index (χ0n) is 42.4. The number of hydrogen-bond donors (Lipinski definition) is 6. The fourth-order valence-corrected chi connectivity index (χ4v) is 10.7. The number of benzene rings is 1. The molecule has 0 radical (unpaired) electrons. The molecule has 8 rings (SSSR count). The van der Waals surface area contributed by atoms with Crippen molar-refractivity contribution >= 4 is 35.1 Å². The van der Waals surface area contributed by atoms with Gasteiger partial charge in [-0.25, -0.2) is 0 Å². The molecule has 6 N–H and O–H groups in total. The smallest absolute Gasteiger partial charge is 0.315 e. The maximum atomic E-state index is 14.9. The number of amides is 2. The van der Waals surface area contributed by atoms with E-state index in [2.05, 4.69) is 39.6 Å². The first-order valence-electron chi connectivity index (χ1n) is 24.6. The van der Waals surface area contributed by atoms with Crippen molar-refractivity contribution in [3.8, 4) is 11.5 Å². The molecule has 7 aliphatic rings. The molecule has 6 aliphatic heterocycles. The summed E-state index contributed by atoms with van der Waals surface area (Å²) in [5, 5.41) is 44.6. The molecule has 0 aromatic heterocycles. The summed E-state index contributed by atoms with van der Waals surface area (Å²) in [6.07, 6.45) is 4.60. The number of nitrogens with zero attached hydrogens (tertiary/aromatic N) is 3. The molecule has 1 spiro atoms. The van der Waals surface area contributed by atoms with Gasteiger partial charge in [0.1, 0.15) is 35.4 Å². The van der Waals surface area contributed by atoms with E-state index < -0.39 is 101 Å². The van der Waals surface area contributed by atoms with Crippen LogP contribution in [0.15, 0.2) is 52.5 Å². The molecule has 70 heavy (non-hydrogen) atoms. The molecule has 1 aromatic rings. The molecule has 18 heteroatoms. The van der Waals surface area contributed by atoms with Crippen LogP contribution in [0.2, 0.25) is 0 Å². The zero-order valence-corrected chi connectivity index (χ0v) is 42.4. The lowest BCUT2D eigenvalue weighted by molar-refractivity contribution is -0.164. The molecule has 2 amide bonds. The topological polar surface area (TPSA) is 238 Å². The van der Waals surface area contributed by atoms with E-state index in [9.17, 15) is 39.3 Å². The summed E-state index contributed by atoms with van der Waals surface area (Å²) in [5.74, 6) is -8.16. The Morgan fingerprint density at radius 1 is 0.971 bits per heavy atom. The van der Waals surface area contributed by atoms with Crippen LogP contribution in [-0.4, -0.2) is 149 Å². The highest BCUT2D eigenvalue weighted by Crippen LogP contribution is 2.50. The fraction of sp³-hybridized carbons (Fsp3) is 0.615. The minimum atomic E-state index is -2.02. The Morgan fingerprint density at radius 2 is 1.67 bits per heavy atom. The van der Waals surface area contributed by atoms with Gasteiger partial charge in [0.25, 0.3) is 11.7 Å². The highest BCUT2D eigenvalue weighted by molar-refractivity contribution is 6.34. The number of phenolic OH excluding ortho intramolecular Hbond substituents is 1. The first-order valence-corrected chi connectivity index (χ1v) is 24.6. The van der Waals surface area contributed by atoms with Crippen LogP contribution in [0.25, 0.3) is 0 Å². The number of carbonyl (C=O) groups is 5. The Balaban J connectivity index is 1.28. The number of fused-ring (bicyclic) bond motifs is 13. The summed E-state index contributed by atoms with van der Waals surface area (Å²) in [5.41, 5.74) is -0.391. The first kappa shape index (κ1) is 52.4. The molecule has 1 aliphatic carbocycles. The van der Waals surface area contributed by atoms with Gasteiger partial charge < -0.3 is 60.0 Å². The standard InChI is InChI=1S/C52H72N6O12/c1-26(2)24-58-20-17-52(18-21-58)55-40-37-38-45(63)32(8)48-39(37)49(65)51(9,70-48)68-22-16-34(67-11)29(5)47(69-36(60)23-35(59)53-33-15-19-57(10)25-33)31(7)44(62)30(6)43(61)27(3)13-12-14-28(4)50(66)54-42(46(38)64)41(40)56-52/h12-14,16,22,26-27,29-31,33-34,43-44,47,56,61-63H,15,17-21,23-25H2,1-11H3,(H,53,59)(H,54,66)/b13-12+,22-16+,28-14-/t27-,29+,30+,31+,33?,34-,43-,44+,47+,51-/m0/s1. The van der Waals surface area contributed by atoms with Gasteiger partial charge in [0.2, 0.25) is 11.7 Å². The Hall–Kier alpha value is -5.40. The molecule has 18 nitrogen and oxygen atoms in total. The summed E-state index contributed by atoms with van der Waals surface area (Å²) in [4.78, 5) is 80.0. The van der Waals surface area contributed by atoms with Crippen molar-refractivity contribution in [1.82, 2.24) is 25.8 Å². The van der Waals surface area contributed by atoms with Gasteiger partial charge in [0.05, 0.1) is 47.1 Å². The number of methoxy groups -OCH3 is 1. The molecular weight excluding hydrogens is 901 g/mol. The van der Waals surface area contributed by atoms with Gasteiger partial charge >= 0.3 is 11.8 Å². The molecule has 1 unspecified atom stereocenters. The van der Waals surface area contributed by atoms with Gasteiger partial charge in [-0.1, -0.05) is 59.8 Å². The lowest BCUT2D eigenvalue weighted by Crippen LogP contribution is -2.50. The largest absolute Gasteiger partial charge is 0.507 e. The van der Waals surface area contributed by atoms with E-state index in [0.29, 0.717) is 38.4 Å². The van der Waals surface area contributed by atoms with Crippen LogP contribution < -0.4 is 20.7 Å². The summed E-state index contributed by atoms with van der Waals surface area (Å²) in [6.45, 7) is 19.5. The van der Waals surface area contributed by atoms with Gasteiger partial charge in [0.15, 0.2) is 0 Å². The SMILES string of the molecule is CO[C@H]1/C=C/O[C@@]2(C)Oc3c(C)c(O)c4c(c3C2=O)C2=NC3(CCN(CC(C)C)CC3)NC2=C(NC(=O)/C(C)=C\C=C\[C@H](C)[C@H](O)[C@@H](C)[C@@H](O)[C@@H](C)[C@H](OC(=O)CC(=O)NC2CCN(C)C2)[C@@H]1C)C4=O. The number of phenols is 1. The number of aliphatic hydroxyl groups is 2. The molecule has 6 heterocycles. The molecule has 0 saturated carbocycles. The number of carbonyl (C=O) groups excluding carboxylic acids is 5. The normalized spacial score (nSPS) is 33.4. The van der Waals surface area contributed by atoms with Crippen LogP contribution >= 0.6 is 0 Å². The number of aliphatic imine (C=N–C) groups is 1. The number of esters is 1. The number of ketones is 2. The third-order valence-corrected chi connectivity index (χ3v) is 15.0. The van der Waals surface area contributed by atoms with E-state index >= 15 is 0 Å². The molecule has 10 atom stereocenters. The van der Waals surface area contributed by atoms with E-state index in [0.717, 1.165) is 19.5 Å². The lowest BCUT2D eigenvalue weighted by Gasteiger charge is -2.38. The minimum absolute atomic E-state index is 0.00393. The molecular formula is C52H72N6O12. The van der Waals surface area contributed by atoms with Gasteiger partial charge in [-0.2, -0.15) is 0 Å². The van der Waals surface area contributed by atoms with Crippen LogP contribution in [0, 0.1) is 36.5 Å². The Kier molecular flexibility index (Phi) is 15.5.